The lowest BCUT2D eigenvalue weighted by Gasteiger charge is -2.11. The van der Waals surface area contributed by atoms with Crippen LogP contribution >= 0.6 is 0 Å². The Morgan fingerprint density at radius 3 is 2.61 bits per heavy atom. The zero-order chi connectivity index (χ0) is 20.1. The summed E-state index contributed by atoms with van der Waals surface area (Å²) >= 11 is 0. The minimum absolute atomic E-state index is 0.0110. The first-order valence-electron chi connectivity index (χ1n) is 9.31. The molecule has 5 heteroatoms. The predicted molar refractivity (Wildman–Crippen MR) is 109 cm³/mol. The Hall–Kier alpha value is -3.26. The molecule has 1 atom stereocenters. The Labute approximate surface area is 164 Å². The van der Waals surface area contributed by atoms with Crippen molar-refractivity contribution in [2.45, 2.75) is 45.8 Å². The van der Waals surface area contributed by atoms with Gasteiger partial charge in [0.1, 0.15) is 12.4 Å². The molecule has 144 valence electrons. The SMILES string of the molecule is CC#C[C@@H](CC(=O)O)c1ccc(OCc2cccc3c2cnn3C(C)C)cc1. The summed E-state index contributed by atoms with van der Waals surface area (Å²) in [7, 11) is 0. The van der Waals surface area contributed by atoms with E-state index in [9.17, 15) is 4.79 Å². The van der Waals surface area contributed by atoms with E-state index in [1.165, 1.54) is 0 Å². The van der Waals surface area contributed by atoms with Crippen molar-refractivity contribution in [2.24, 2.45) is 0 Å². The van der Waals surface area contributed by atoms with E-state index in [-0.39, 0.29) is 12.3 Å². The quantitative estimate of drug-likeness (QED) is 0.603. The molecule has 5 nitrogen and oxygen atoms in total. The van der Waals surface area contributed by atoms with Gasteiger partial charge in [0.05, 0.1) is 24.1 Å². The second kappa shape index (κ2) is 8.62. The standard InChI is InChI=1S/C23H24N2O3/c1-4-6-18(13-23(26)27)17-9-11-20(12-10-17)28-15-19-7-5-8-22-21(19)14-24-25(22)16(2)3/h5,7-12,14,16,18H,13,15H2,1-3H3,(H,26,27)/t18-/m0/s1. The zero-order valence-corrected chi connectivity index (χ0v) is 16.3. The number of hydrogen-bond acceptors (Lipinski definition) is 3. The van der Waals surface area contributed by atoms with Gasteiger partial charge in [-0.3, -0.25) is 9.48 Å². The van der Waals surface area contributed by atoms with Gasteiger partial charge < -0.3 is 9.84 Å². The molecule has 0 saturated carbocycles. The minimum atomic E-state index is -0.858. The zero-order valence-electron chi connectivity index (χ0n) is 16.3. The molecule has 2 aromatic carbocycles. The maximum Gasteiger partial charge on any atom is 0.304 e. The van der Waals surface area contributed by atoms with Crippen molar-refractivity contribution in [3.05, 3.63) is 59.8 Å². The van der Waals surface area contributed by atoms with Gasteiger partial charge in [0.15, 0.2) is 0 Å². The third kappa shape index (κ3) is 4.34. The first-order chi connectivity index (χ1) is 13.5. The highest BCUT2D eigenvalue weighted by atomic mass is 16.5. The van der Waals surface area contributed by atoms with Crippen LogP contribution in [0.4, 0.5) is 0 Å². The van der Waals surface area contributed by atoms with E-state index in [1.54, 1.807) is 6.92 Å². The normalized spacial score (nSPS) is 11.9. The number of benzene rings is 2. The lowest BCUT2D eigenvalue weighted by atomic mass is 9.96. The van der Waals surface area contributed by atoms with Crippen molar-refractivity contribution < 1.29 is 14.6 Å². The maximum atomic E-state index is 11.0. The first kappa shape index (κ1) is 19.5. The molecule has 1 heterocycles. The summed E-state index contributed by atoms with van der Waals surface area (Å²) in [6, 6.07) is 13.9. The van der Waals surface area contributed by atoms with E-state index >= 15 is 0 Å². The average Bonchev–Trinajstić information content (AvgIpc) is 3.11. The summed E-state index contributed by atoms with van der Waals surface area (Å²) in [6.07, 6.45) is 1.87. The first-order valence-corrected chi connectivity index (χ1v) is 9.31. The van der Waals surface area contributed by atoms with Crippen molar-refractivity contribution in [2.75, 3.05) is 0 Å². The summed E-state index contributed by atoms with van der Waals surface area (Å²) < 4.78 is 7.96. The van der Waals surface area contributed by atoms with Gasteiger partial charge in [0, 0.05) is 17.0 Å². The van der Waals surface area contributed by atoms with Crippen LogP contribution in [0.15, 0.2) is 48.7 Å². The third-order valence-corrected chi connectivity index (χ3v) is 4.59. The molecule has 0 amide bonds. The highest BCUT2D eigenvalue weighted by Crippen LogP contribution is 2.25. The Balaban J connectivity index is 1.74. The number of carboxylic acid groups (broad SMARTS) is 1. The average molecular weight is 376 g/mol. The predicted octanol–water partition coefficient (Wildman–Crippen LogP) is 4.78. The summed E-state index contributed by atoms with van der Waals surface area (Å²) in [5.74, 6) is 5.33. The maximum absolute atomic E-state index is 11.0. The van der Waals surface area contributed by atoms with Gasteiger partial charge in [-0.05, 0) is 44.5 Å². The van der Waals surface area contributed by atoms with E-state index in [2.05, 4.69) is 36.9 Å². The summed E-state index contributed by atoms with van der Waals surface area (Å²) in [6.45, 7) is 6.37. The molecule has 0 saturated heterocycles. The Morgan fingerprint density at radius 1 is 1.21 bits per heavy atom. The van der Waals surface area contributed by atoms with E-state index in [4.69, 9.17) is 9.84 Å². The van der Waals surface area contributed by atoms with Crippen LogP contribution in [0.5, 0.6) is 5.75 Å². The van der Waals surface area contributed by atoms with Gasteiger partial charge in [0.25, 0.3) is 0 Å². The minimum Gasteiger partial charge on any atom is -0.489 e. The van der Waals surface area contributed by atoms with Crippen LogP contribution < -0.4 is 4.74 Å². The number of nitrogens with zero attached hydrogens (tertiary/aromatic N) is 2. The molecule has 0 aliphatic rings. The van der Waals surface area contributed by atoms with Crippen molar-refractivity contribution in [1.82, 2.24) is 9.78 Å². The second-order valence-corrected chi connectivity index (χ2v) is 6.94. The molecule has 0 bridgehead atoms. The van der Waals surface area contributed by atoms with Crippen LogP contribution in [-0.4, -0.2) is 20.9 Å². The van der Waals surface area contributed by atoms with Crippen LogP contribution in [0.25, 0.3) is 10.9 Å². The van der Waals surface area contributed by atoms with Gasteiger partial charge in [0.2, 0.25) is 0 Å². The molecule has 1 aromatic heterocycles. The van der Waals surface area contributed by atoms with Crippen LogP contribution in [0, 0.1) is 11.8 Å². The van der Waals surface area contributed by atoms with Crippen LogP contribution in [0.3, 0.4) is 0 Å². The number of rotatable bonds is 7. The number of ether oxygens (including phenoxy) is 1. The number of hydrogen-bond donors (Lipinski definition) is 1. The van der Waals surface area contributed by atoms with Crippen molar-refractivity contribution >= 4 is 16.9 Å². The molecule has 3 aromatic rings. The number of aromatic nitrogens is 2. The monoisotopic (exact) mass is 376 g/mol. The van der Waals surface area contributed by atoms with E-state index in [0.29, 0.717) is 12.6 Å². The molecule has 1 N–H and O–H groups in total. The van der Waals surface area contributed by atoms with Crippen LogP contribution in [0.2, 0.25) is 0 Å². The molecular formula is C23H24N2O3. The van der Waals surface area contributed by atoms with Crippen molar-refractivity contribution in [3.63, 3.8) is 0 Å². The number of carboxylic acids is 1. The van der Waals surface area contributed by atoms with Gasteiger partial charge in [-0.1, -0.05) is 30.2 Å². The molecule has 0 radical (unpaired) electrons. The van der Waals surface area contributed by atoms with E-state index in [1.807, 2.05) is 47.3 Å². The number of aliphatic carboxylic acids is 1. The van der Waals surface area contributed by atoms with Gasteiger partial charge in [-0.25, -0.2) is 0 Å². The topological polar surface area (TPSA) is 64.3 Å². The highest BCUT2D eigenvalue weighted by molar-refractivity contribution is 5.82. The van der Waals surface area contributed by atoms with Gasteiger partial charge in [-0.2, -0.15) is 5.10 Å². The van der Waals surface area contributed by atoms with Gasteiger partial charge >= 0.3 is 5.97 Å². The Bertz CT molecular complexity index is 1020. The largest absolute Gasteiger partial charge is 0.489 e. The summed E-state index contributed by atoms with van der Waals surface area (Å²) in [5, 5.41) is 14.6. The smallest absolute Gasteiger partial charge is 0.304 e. The second-order valence-electron chi connectivity index (χ2n) is 6.94. The molecule has 0 unspecified atom stereocenters. The Morgan fingerprint density at radius 2 is 1.96 bits per heavy atom. The van der Waals surface area contributed by atoms with E-state index < -0.39 is 5.97 Å². The van der Waals surface area contributed by atoms with Crippen LogP contribution in [0.1, 0.15) is 50.3 Å². The lowest BCUT2D eigenvalue weighted by molar-refractivity contribution is -0.137. The summed E-state index contributed by atoms with van der Waals surface area (Å²) in [5.41, 5.74) is 3.06. The van der Waals surface area contributed by atoms with Crippen LogP contribution in [-0.2, 0) is 11.4 Å². The van der Waals surface area contributed by atoms with Crippen molar-refractivity contribution in [3.8, 4) is 17.6 Å². The fourth-order valence-corrected chi connectivity index (χ4v) is 3.23. The lowest BCUT2D eigenvalue weighted by Crippen LogP contribution is -2.04. The summed E-state index contributed by atoms with van der Waals surface area (Å²) in [4.78, 5) is 11.0. The molecule has 0 spiro atoms. The highest BCUT2D eigenvalue weighted by Gasteiger charge is 2.13. The van der Waals surface area contributed by atoms with E-state index in [0.717, 1.165) is 27.8 Å². The molecule has 3 rings (SSSR count). The molecular weight excluding hydrogens is 352 g/mol. The molecule has 0 aliphatic heterocycles. The number of fused-ring (bicyclic) bond motifs is 1. The van der Waals surface area contributed by atoms with Crippen molar-refractivity contribution in [1.29, 1.82) is 0 Å². The molecule has 0 fully saturated rings. The Kier molecular flexibility index (Phi) is 6.00. The fourth-order valence-electron chi connectivity index (χ4n) is 3.23. The molecule has 0 aliphatic carbocycles. The van der Waals surface area contributed by atoms with Gasteiger partial charge in [-0.15, -0.1) is 5.92 Å². The number of carbonyl (C=O) groups is 1. The fraction of sp³-hybridized carbons (Fsp3) is 0.304. The molecule has 28 heavy (non-hydrogen) atoms. The third-order valence-electron chi connectivity index (χ3n) is 4.59.